The Kier molecular flexibility index (Phi) is 3.66. The second kappa shape index (κ2) is 5.01. The van der Waals surface area contributed by atoms with Gasteiger partial charge in [-0.15, -0.1) is 0 Å². The second-order valence-electron chi connectivity index (χ2n) is 4.06. The number of aryl methyl sites for hydroxylation is 1. The van der Waals surface area contributed by atoms with Gasteiger partial charge in [0.1, 0.15) is 5.69 Å². The molecule has 2 rings (SSSR count). The third-order valence-corrected chi connectivity index (χ3v) is 3.29. The van der Waals surface area contributed by atoms with Crippen molar-refractivity contribution in [1.29, 1.82) is 0 Å². The lowest BCUT2D eigenvalue weighted by Gasteiger charge is -2.27. The van der Waals surface area contributed by atoms with Crippen LogP contribution < -0.4 is 10.6 Å². The zero-order valence-electron chi connectivity index (χ0n) is 9.29. The van der Waals surface area contributed by atoms with Crippen molar-refractivity contribution in [3.8, 4) is 0 Å². The van der Waals surface area contributed by atoms with E-state index in [0.29, 0.717) is 5.92 Å². The first-order valence-corrected chi connectivity index (χ1v) is 6.34. The summed E-state index contributed by atoms with van der Waals surface area (Å²) in [6.07, 6.45) is 1.93. The molecule has 1 amide bonds. The number of nitrogens with zero attached hydrogens (tertiary/aromatic N) is 1. The highest BCUT2D eigenvalue weighted by Gasteiger charge is 2.18. The van der Waals surface area contributed by atoms with Gasteiger partial charge in [0.05, 0.1) is 0 Å². The van der Waals surface area contributed by atoms with Crippen LogP contribution in [-0.2, 0) is 6.54 Å². The zero-order chi connectivity index (χ0) is 11.5. The van der Waals surface area contributed by atoms with E-state index in [-0.39, 0.29) is 5.91 Å². The average Bonchev–Trinajstić information content (AvgIpc) is 2.57. The summed E-state index contributed by atoms with van der Waals surface area (Å²) < 4.78 is 2.89. The number of rotatable bonds is 4. The van der Waals surface area contributed by atoms with Crippen molar-refractivity contribution in [2.24, 2.45) is 5.92 Å². The van der Waals surface area contributed by atoms with Crippen molar-refractivity contribution in [1.82, 2.24) is 15.2 Å². The molecule has 16 heavy (non-hydrogen) atoms. The van der Waals surface area contributed by atoms with Crippen LogP contribution in [0.4, 0.5) is 0 Å². The van der Waals surface area contributed by atoms with Crippen LogP contribution in [0.1, 0.15) is 17.4 Å². The highest BCUT2D eigenvalue weighted by atomic mass is 79.9. The third kappa shape index (κ3) is 2.47. The van der Waals surface area contributed by atoms with Crippen LogP contribution in [0.3, 0.4) is 0 Å². The fourth-order valence-electron chi connectivity index (χ4n) is 1.75. The first-order valence-electron chi connectivity index (χ1n) is 5.55. The van der Waals surface area contributed by atoms with E-state index in [0.717, 1.165) is 36.3 Å². The minimum atomic E-state index is 0.0134. The van der Waals surface area contributed by atoms with Crippen LogP contribution in [0, 0.1) is 5.92 Å². The Morgan fingerprint density at radius 1 is 1.69 bits per heavy atom. The van der Waals surface area contributed by atoms with Gasteiger partial charge < -0.3 is 15.2 Å². The highest BCUT2D eigenvalue weighted by molar-refractivity contribution is 9.10. The van der Waals surface area contributed by atoms with Gasteiger partial charge in [0.2, 0.25) is 0 Å². The van der Waals surface area contributed by atoms with Gasteiger partial charge in [-0.05, 0) is 28.9 Å². The molecule has 2 N–H and O–H groups in total. The number of amides is 1. The molecule has 0 atom stereocenters. The molecule has 0 unspecified atom stereocenters. The summed E-state index contributed by atoms with van der Waals surface area (Å²) >= 11 is 3.39. The molecule has 1 fully saturated rings. The molecule has 0 saturated carbocycles. The van der Waals surface area contributed by atoms with Gasteiger partial charge in [-0.25, -0.2) is 0 Å². The van der Waals surface area contributed by atoms with Crippen molar-refractivity contribution in [2.75, 3.05) is 19.6 Å². The van der Waals surface area contributed by atoms with E-state index in [9.17, 15) is 4.79 Å². The first-order chi connectivity index (χ1) is 7.70. The molecule has 0 aliphatic carbocycles. The van der Waals surface area contributed by atoms with E-state index >= 15 is 0 Å². The number of nitrogens with one attached hydrogen (secondary N) is 2. The molecule has 4 nitrogen and oxygen atoms in total. The normalized spacial score (nSPS) is 15.9. The average molecular weight is 286 g/mol. The van der Waals surface area contributed by atoms with E-state index in [4.69, 9.17) is 0 Å². The van der Waals surface area contributed by atoms with E-state index in [1.54, 1.807) is 0 Å². The lowest BCUT2D eigenvalue weighted by molar-refractivity contribution is 0.0933. The van der Waals surface area contributed by atoms with Crippen molar-refractivity contribution in [2.45, 2.75) is 13.5 Å². The maximum Gasteiger partial charge on any atom is 0.267 e. The number of hydrogen-bond donors (Lipinski definition) is 2. The van der Waals surface area contributed by atoms with Gasteiger partial charge >= 0.3 is 0 Å². The predicted molar refractivity (Wildman–Crippen MR) is 66.5 cm³/mol. The zero-order valence-corrected chi connectivity index (χ0v) is 10.9. The molecule has 88 valence electrons. The van der Waals surface area contributed by atoms with Crippen LogP contribution in [0.25, 0.3) is 0 Å². The third-order valence-electron chi connectivity index (χ3n) is 2.85. The van der Waals surface area contributed by atoms with E-state index in [1.165, 1.54) is 0 Å². The minimum Gasteiger partial charge on any atom is -0.350 e. The summed E-state index contributed by atoms with van der Waals surface area (Å²) in [7, 11) is 0. The van der Waals surface area contributed by atoms with Crippen LogP contribution in [0.2, 0.25) is 0 Å². The monoisotopic (exact) mass is 285 g/mol. The van der Waals surface area contributed by atoms with E-state index < -0.39 is 0 Å². The van der Waals surface area contributed by atoms with Gasteiger partial charge in [0.25, 0.3) is 5.91 Å². The Morgan fingerprint density at radius 3 is 3.00 bits per heavy atom. The molecule has 2 heterocycles. The molecule has 0 spiro atoms. The maximum absolute atomic E-state index is 11.9. The Balaban J connectivity index is 1.96. The number of hydrogen-bond acceptors (Lipinski definition) is 2. The van der Waals surface area contributed by atoms with Crippen molar-refractivity contribution in [3.05, 3.63) is 22.4 Å². The Bertz CT molecular complexity index is 385. The smallest absolute Gasteiger partial charge is 0.267 e. The van der Waals surface area contributed by atoms with E-state index in [2.05, 4.69) is 26.6 Å². The molecule has 0 bridgehead atoms. The predicted octanol–water partition coefficient (Wildman–Crippen LogP) is 1.22. The van der Waals surface area contributed by atoms with Gasteiger partial charge in [0, 0.05) is 42.8 Å². The molecule has 0 radical (unpaired) electrons. The molecular formula is C11H16BrN3O. The Morgan fingerprint density at radius 2 is 2.44 bits per heavy atom. The minimum absolute atomic E-state index is 0.0134. The lowest BCUT2D eigenvalue weighted by atomic mass is 10.0. The van der Waals surface area contributed by atoms with Gasteiger partial charge in [0.15, 0.2) is 0 Å². The number of halogens is 1. The summed E-state index contributed by atoms with van der Waals surface area (Å²) in [4.78, 5) is 11.9. The maximum atomic E-state index is 11.9. The number of carbonyl (C=O) groups excluding carboxylic acids is 1. The quantitative estimate of drug-likeness (QED) is 0.874. The largest absolute Gasteiger partial charge is 0.350 e. The topological polar surface area (TPSA) is 46.1 Å². The number of carbonyl (C=O) groups is 1. The molecule has 1 aromatic rings. The van der Waals surface area contributed by atoms with Crippen LogP contribution in [0.15, 0.2) is 16.7 Å². The van der Waals surface area contributed by atoms with Crippen LogP contribution in [-0.4, -0.2) is 30.1 Å². The van der Waals surface area contributed by atoms with Gasteiger partial charge in [-0.1, -0.05) is 0 Å². The molecule has 1 aliphatic heterocycles. The molecule has 5 heteroatoms. The van der Waals surface area contributed by atoms with Crippen molar-refractivity contribution in [3.63, 3.8) is 0 Å². The number of aromatic nitrogens is 1. The fourth-order valence-corrected chi connectivity index (χ4v) is 2.21. The van der Waals surface area contributed by atoms with Crippen LogP contribution >= 0.6 is 15.9 Å². The standard InChI is InChI=1S/C11H16BrN3O/c1-2-15-7-9(12)3-10(15)11(16)14-6-8-4-13-5-8/h3,7-8,13H,2,4-6H2,1H3,(H,14,16). The first kappa shape index (κ1) is 11.7. The Hall–Kier alpha value is -0.810. The fraction of sp³-hybridized carbons (Fsp3) is 0.545. The van der Waals surface area contributed by atoms with Crippen LogP contribution in [0.5, 0.6) is 0 Å². The SMILES string of the molecule is CCn1cc(Br)cc1C(=O)NCC1CNC1. The van der Waals surface area contributed by atoms with Crippen molar-refractivity contribution >= 4 is 21.8 Å². The van der Waals surface area contributed by atoms with Crippen molar-refractivity contribution < 1.29 is 4.79 Å². The second-order valence-corrected chi connectivity index (χ2v) is 4.98. The van der Waals surface area contributed by atoms with Gasteiger partial charge in [-0.2, -0.15) is 0 Å². The molecule has 1 aromatic heterocycles. The molecule has 0 aromatic carbocycles. The molecular weight excluding hydrogens is 270 g/mol. The van der Waals surface area contributed by atoms with Gasteiger partial charge in [-0.3, -0.25) is 4.79 Å². The molecule has 1 aliphatic rings. The summed E-state index contributed by atoms with van der Waals surface area (Å²) in [5.74, 6) is 0.608. The molecule has 1 saturated heterocycles. The van der Waals surface area contributed by atoms with E-state index in [1.807, 2.05) is 23.8 Å². The highest BCUT2D eigenvalue weighted by Crippen LogP contribution is 2.15. The summed E-state index contributed by atoms with van der Waals surface area (Å²) in [5, 5.41) is 6.16. The Labute approximate surface area is 104 Å². The summed E-state index contributed by atoms with van der Waals surface area (Å²) in [6, 6.07) is 1.86. The summed E-state index contributed by atoms with van der Waals surface area (Å²) in [5.41, 5.74) is 0.724. The lowest BCUT2D eigenvalue weighted by Crippen LogP contribution is -2.48. The summed E-state index contributed by atoms with van der Waals surface area (Å²) in [6.45, 7) is 5.62.